The first-order valence-corrected chi connectivity index (χ1v) is 5.79. The van der Waals surface area contributed by atoms with Gasteiger partial charge in [0.15, 0.2) is 0 Å². The third kappa shape index (κ3) is 3.85. The van der Waals surface area contributed by atoms with Crippen molar-refractivity contribution in [2.45, 2.75) is 33.4 Å². The lowest BCUT2D eigenvalue weighted by molar-refractivity contribution is -0.120. The van der Waals surface area contributed by atoms with Gasteiger partial charge < -0.3 is 5.32 Å². The molecule has 5 heteroatoms. The molecule has 1 N–H and O–H groups in total. The van der Waals surface area contributed by atoms with E-state index in [2.05, 4.69) is 31.2 Å². The minimum absolute atomic E-state index is 0.00825. The van der Waals surface area contributed by atoms with Gasteiger partial charge in [0.25, 0.3) is 0 Å². The van der Waals surface area contributed by atoms with Crippen LogP contribution in [0.1, 0.15) is 20.8 Å². The molecule has 16 heavy (non-hydrogen) atoms. The second kappa shape index (κ2) is 5.34. The molecule has 1 amide bonds. The van der Waals surface area contributed by atoms with Crippen LogP contribution in [0.25, 0.3) is 0 Å². The first-order chi connectivity index (χ1) is 7.43. The molecule has 0 fully saturated rings. The van der Waals surface area contributed by atoms with Gasteiger partial charge in [-0.05, 0) is 11.5 Å². The summed E-state index contributed by atoms with van der Waals surface area (Å²) in [6.45, 7) is 6.89. The first-order valence-electron chi connectivity index (χ1n) is 5.26. The predicted molar refractivity (Wildman–Crippen MR) is 64.3 cm³/mol. The smallest absolute Gasteiger partial charge is 0.235 e. The van der Waals surface area contributed by atoms with Gasteiger partial charge in [0.1, 0.15) is 5.88 Å². The number of carbonyl (C=O) groups excluding carboxylic acids is 1. The third-order valence-corrected chi connectivity index (χ3v) is 2.67. The summed E-state index contributed by atoms with van der Waals surface area (Å²) in [4.78, 5) is 11.3. The fourth-order valence-electron chi connectivity index (χ4n) is 1.36. The van der Waals surface area contributed by atoms with Crippen molar-refractivity contribution < 1.29 is 4.79 Å². The maximum atomic E-state index is 11.3. The predicted octanol–water partition coefficient (Wildman–Crippen LogP) is 1.65. The van der Waals surface area contributed by atoms with Crippen LogP contribution in [0.4, 0.5) is 0 Å². The zero-order valence-corrected chi connectivity index (χ0v) is 10.7. The highest BCUT2D eigenvalue weighted by Gasteiger charge is 2.26. The Kier molecular flexibility index (Phi) is 4.35. The maximum Gasteiger partial charge on any atom is 0.235 e. The second-order valence-corrected chi connectivity index (χ2v) is 5.12. The zero-order valence-electron chi connectivity index (χ0n) is 9.90. The molecule has 1 aromatic rings. The molecule has 1 rings (SSSR count). The van der Waals surface area contributed by atoms with Crippen molar-refractivity contribution in [3.63, 3.8) is 0 Å². The molecule has 0 spiro atoms. The number of nitrogens with one attached hydrogen (secondary N) is 1. The number of hydrogen-bond donors (Lipinski definition) is 1. The van der Waals surface area contributed by atoms with Gasteiger partial charge in [0.2, 0.25) is 5.91 Å². The van der Waals surface area contributed by atoms with Gasteiger partial charge in [-0.1, -0.05) is 20.8 Å². The molecule has 0 bridgehead atoms. The molecule has 0 aliphatic carbocycles. The topological polar surface area (TPSA) is 46.9 Å². The Morgan fingerprint density at radius 2 is 2.25 bits per heavy atom. The standard InChI is InChI=1S/C11H18ClN3O/c1-11(2,3)9(14-10(16)7-12)8-15-6-4-5-13-15/h4-6,9H,7-8H2,1-3H3,(H,14,16)/t9-/m0/s1. The summed E-state index contributed by atoms with van der Waals surface area (Å²) in [6, 6.07) is 1.88. The van der Waals surface area contributed by atoms with E-state index in [0.29, 0.717) is 6.54 Å². The van der Waals surface area contributed by atoms with Gasteiger partial charge in [-0.25, -0.2) is 0 Å². The Hall–Kier alpha value is -1.03. The Morgan fingerprint density at radius 3 is 2.69 bits per heavy atom. The number of amides is 1. The molecule has 0 saturated heterocycles. The average Bonchev–Trinajstić information content (AvgIpc) is 2.67. The zero-order chi connectivity index (χ0) is 12.2. The molecular weight excluding hydrogens is 226 g/mol. The molecule has 0 unspecified atom stereocenters. The van der Waals surface area contributed by atoms with Crippen LogP contribution < -0.4 is 5.32 Å². The van der Waals surface area contributed by atoms with Crippen LogP contribution in [0.3, 0.4) is 0 Å². The third-order valence-electron chi connectivity index (χ3n) is 2.43. The molecular formula is C11H18ClN3O. The normalized spacial score (nSPS) is 13.5. The summed E-state index contributed by atoms with van der Waals surface area (Å²) in [6.07, 6.45) is 3.61. The molecule has 0 aliphatic heterocycles. The summed E-state index contributed by atoms with van der Waals surface area (Å²) in [5.41, 5.74) is -0.0341. The van der Waals surface area contributed by atoms with Crippen molar-refractivity contribution in [1.82, 2.24) is 15.1 Å². The number of hydrogen-bond acceptors (Lipinski definition) is 2. The number of nitrogens with zero attached hydrogens (tertiary/aromatic N) is 2. The summed E-state index contributed by atoms with van der Waals surface area (Å²) >= 11 is 5.49. The first kappa shape index (κ1) is 13.0. The van der Waals surface area contributed by atoms with Crippen molar-refractivity contribution in [3.8, 4) is 0 Å². The molecule has 0 aliphatic rings. The van der Waals surface area contributed by atoms with Crippen LogP contribution in [0.2, 0.25) is 0 Å². The number of carbonyl (C=O) groups is 1. The Morgan fingerprint density at radius 1 is 1.56 bits per heavy atom. The Labute approximate surface area is 101 Å². The fourth-order valence-corrected chi connectivity index (χ4v) is 1.44. The van der Waals surface area contributed by atoms with Crippen molar-refractivity contribution in [3.05, 3.63) is 18.5 Å². The number of rotatable bonds is 4. The van der Waals surface area contributed by atoms with Gasteiger partial charge in [0.05, 0.1) is 12.6 Å². The summed E-state index contributed by atoms with van der Waals surface area (Å²) in [5.74, 6) is -0.153. The van der Waals surface area contributed by atoms with Crippen LogP contribution in [-0.2, 0) is 11.3 Å². The molecule has 90 valence electrons. The largest absolute Gasteiger partial charge is 0.350 e. The monoisotopic (exact) mass is 243 g/mol. The van der Waals surface area contributed by atoms with E-state index in [-0.39, 0.29) is 23.2 Å². The SMILES string of the molecule is CC(C)(C)[C@H](Cn1cccn1)NC(=O)CCl. The van der Waals surface area contributed by atoms with Crippen LogP contribution in [-0.4, -0.2) is 27.6 Å². The Balaban J connectivity index is 2.68. The quantitative estimate of drug-likeness (QED) is 0.818. The van der Waals surface area contributed by atoms with Gasteiger partial charge in [-0.2, -0.15) is 5.10 Å². The van der Waals surface area contributed by atoms with Crippen LogP contribution >= 0.6 is 11.6 Å². The lowest BCUT2D eigenvalue weighted by atomic mass is 9.86. The van der Waals surface area contributed by atoms with E-state index in [9.17, 15) is 4.79 Å². The summed E-state index contributed by atoms with van der Waals surface area (Å²) in [5, 5.41) is 7.05. The highest BCUT2D eigenvalue weighted by Crippen LogP contribution is 2.20. The van der Waals surface area contributed by atoms with Crippen molar-refractivity contribution >= 4 is 17.5 Å². The fraction of sp³-hybridized carbons (Fsp3) is 0.636. The van der Waals surface area contributed by atoms with Crippen LogP contribution in [0, 0.1) is 5.41 Å². The number of aromatic nitrogens is 2. The minimum atomic E-state index is -0.145. The highest BCUT2D eigenvalue weighted by molar-refractivity contribution is 6.27. The molecule has 1 heterocycles. The summed E-state index contributed by atoms with van der Waals surface area (Å²) < 4.78 is 1.81. The van der Waals surface area contributed by atoms with Gasteiger partial charge >= 0.3 is 0 Å². The van der Waals surface area contributed by atoms with E-state index >= 15 is 0 Å². The molecule has 1 atom stereocenters. The maximum absolute atomic E-state index is 11.3. The van der Waals surface area contributed by atoms with E-state index in [1.54, 1.807) is 6.20 Å². The van der Waals surface area contributed by atoms with Crippen LogP contribution in [0.15, 0.2) is 18.5 Å². The lowest BCUT2D eigenvalue weighted by Crippen LogP contribution is -2.47. The van der Waals surface area contributed by atoms with E-state index < -0.39 is 0 Å². The average molecular weight is 244 g/mol. The number of alkyl halides is 1. The van der Waals surface area contributed by atoms with Gasteiger partial charge in [-0.15, -0.1) is 11.6 Å². The van der Waals surface area contributed by atoms with Gasteiger partial charge in [0, 0.05) is 12.4 Å². The minimum Gasteiger partial charge on any atom is -0.350 e. The molecule has 0 radical (unpaired) electrons. The van der Waals surface area contributed by atoms with Crippen molar-refractivity contribution in [1.29, 1.82) is 0 Å². The highest BCUT2D eigenvalue weighted by atomic mass is 35.5. The second-order valence-electron chi connectivity index (χ2n) is 4.85. The van der Waals surface area contributed by atoms with E-state index in [1.807, 2.05) is 16.9 Å². The number of halogens is 1. The van der Waals surface area contributed by atoms with Gasteiger partial charge in [-0.3, -0.25) is 9.48 Å². The van der Waals surface area contributed by atoms with E-state index in [0.717, 1.165) is 0 Å². The van der Waals surface area contributed by atoms with Crippen molar-refractivity contribution in [2.24, 2.45) is 5.41 Å². The van der Waals surface area contributed by atoms with E-state index in [4.69, 9.17) is 11.6 Å². The molecule has 4 nitrogen and oxygen atoms in total. The van der Waals surface area contributed by atoms with Crippen molar-refractivity contribution in [2.75, 3.05) is 5.88 Å². The van der Waals surface area contributed by atoms with E-state index in [1.165, 1.54) is 0 Å². The molecule has 0 aromatic carbocycles. The molecule has 1 aromatic heterocycles. The Bertz CT molecular complexity index is 329. The molecule has 0 saturated carbocycles. The summed E-state index contributed by atoms with van der Waals surface area (Å²) in [7, 11) is 0. The lowest BCUT2D eigenvalue weighted by Gasteiger charge is -2.31. The van der Waals surface area contributed by atoms with Crippen LogP contribution in [0.5, 0.6) is 0 Å².